The summed E-state index contributed by atoms with van der Waals surface area (Å²) in [5, 5.41) is 10.4. The van der Waals surface area contributed by atoms with Crippen molar-refractivity contribution in [1.29, 1.82) is 0 Å². The summed E-state index contributed by atoms with van der Waals surface area (Å²) in [5.74, 6) is -0.0211. The molecule has 0 unspecified atom stereocenters. The number of nitro benzene ring substituents is 1. The van der Waals surface area contributed by atoms with Crippen molar-refractivity contribution in [3.63, 3.8) is 0 Å². The first-order valence-electron chi connectivity index (χ1n) is 5.11. The summed E-state index contributed by atoms with van der Waals surface area (Å²) in [6.07, 6.45) is 3.38. The highest BCUT2D eigenvalue weighted by molar-refractivity contribution is 5.37. The standard InChI is InChI=1S/C11H10FN3O3/c1-14-5-4-13-11(14)7-18-8-2-3-10(15(16)17)9(12)6-8/h2-6H,7H2,1H3. The Hall–Kier alpha value is -2.44. The molecule has 1 aromatic heterocycles. The fraction of sp³-hybridized carbons (Fsp3) is 0.182. The maximum atomic E-state index is 13.3. The Morgan fingerprint density at radius 1 is 1.56 bits per heavy atom. The van der Waals surface area contributed by atoms with Gasteiger partial charge in [-0.3, -0.25) is 10.1 Å². The van der Waals surface area contributed by atoms with Gasteiger partial charge in [-0.1, -0.05) is 0 Å². The highest BCUT2D eigenvalue weighted by atomic mass is 19.1. The average Bonchev–Trinajstić information content (AvgIpc) is 2.72. The number of aromatic nitrogens is 2. The minimum absolute atomic E-state index is 0.167. The van der Waals surface area contributed by atoms with Crippen LogP contribution < -0.4 is 4.74 Å². The molecule has 0 amide bonds. The van der Waals surface area contributed by atoms with E-state index in [1.165, 1.54) is 6.07 Å². The molecule has 2 rings (SSSR count). The molecule has 0 atom stereocenters. The zero-order valence-corrected chi connectivity index (χ0v) is 9.54. The molecule has 0 aliphatic heterocycles. The van der Waals surface area contributed by atoms with Crippen molar-refractivity contribution in [3.8, 4) is 5.75 Å². The summed E-state index contributed by atoms with van der Waals surface area (Å²) in [5.41, 5.74) is -0.570. The zero-order valence-electron chi connectivity index (χ0n) is 9.54. The number of hydrogen-bond acceptors (Lipinski definition) is 4. The van der Waals surface area contributed by atoms with Gasteiger partial charge in [0.1, 0.15) is 18.2 Å². The number of rotatable bonds is 4. The van der Waals surface area contributed by atoms with Crippen LogP contribution in [-0.2, 0) is 13.7 Å². The van der Waals surface area contributed by atoms with Gasteiger partial charge in [-0.05, 0) is 6.07 Å². The second-order valence-electron chi connectivity index (χ2n) is 3.61. The number of ether oxygens (including phenoxy) is 1. The number of benzene rings is 1. The zero-order chi connectivity index (χ0) is 13.1. The lowest BCUT2D eigenvalue weighted by atomic mass is 10.3. The third kappa shape index (κ3) is 2.45. The van der Waals surface area contributed by atoms with E-state index in [2.05, 4.69) is 4.98 Å². The van der Waals surface area contributed by atoms with Crippen molar-refractivity contribution in [3.05, 3.63) is 52.3 Å². The van der Waals surface area contributed by atoms with E-state index >= 15 is 0 Å². The molecule has 1 heterocycles. The summed E-state index contributed by atoms with van der Waals surface area (Å²) >= 11 is 0. The fourth-order valence-electron chi connectivity index (χ4n) is 1.41. The highest BCUT2D eigenvalue weighted by Crippen LogP contribution is 2.22. The molecule has 0 radical (unpaired) electrons. The summed E-state index contributed by atoms with van der Waals surface area (Å²) in [6, 6.07) is 3.41. The van der Waals surface area contributed by atoms with E-state index in [0.717, 1.165) is 12.1 Å². The third-order valence-electron chi connectivity index (χ3n) is 2.40. The molecule has 0 saturated carbocycles. The molecular formula is C11H10FN3O3. The van der Waals surface area contributed by atoms with E-state index in [0.29, 0.717) is 5.82 Å². The number of imidazole rings is 1. The monoisotopic (exact) mass is 251 g/mol. The Bertz CT molecular complexity index is 583. The fourth-order valence-corrected chi connectivity index (χ4v) is 1.41. The van der Waals surface area contributed by atoms with Crippen LogP contribution in [0.4, 0.5) is 10.1 Å². The van der Waals surface area contributed by atoms with Gasteiger partial charge in [-0.2, -0.15) is 4.39 Å². The van der Waals surface area contributed by atoms with Gasteiger partial charge in [0.05, 0.1) is 4.92 Å². The third-order valence-corrected chi connectivity index (χ3v) is 2.40. The van der Waals surface area contributed by atoms with E-state index < -0.39 is 16.4 Å². The minimum Gasteiger partial charge on any atom is -0.486 e. The molecule has 0 fully saturated rings. The molecule has 6 nitrogen and oxygen atoms in total. The van der Waals surface area contributed by atoms with E-state index in [1.807, 2.05) is 7.05 Å². The minimum atomic E-state index is -0.919. The van der Waals surface area contributed by atoms with Gasteiger partial charge < -0.3 is 9.30 Å². The Balaban J connectivity index is 2.09. The largest absolute Gasteiger partial charge is 0.486 e. The molecule has 0 aliphatic rings. The summed E-state index contributed by atoms with van der Waals surface area (Å²) in [4.78, 5) is 13.7. The van der Waals surface area contributed by atoms with Crippen LogP contribution >= 0.6 is 0 Å². The Labute approximate surface area is 102 Å². The van der Waals surface area contributed by atoms with Crippen LogP contribution in [0.2, 0.25) is 0 Å². The predicted molar refractivity (Wildman–Crippen MR) is 60.6 cm³/mol. The number of halogens is 1. The Morgan fingerprint density at radius 3 is 2.89 bits per heavy atom. The lowest BCUT2D eigenvalue weighted by molar-refractivity contribution is -0.387. The lowest BCUT2D eigenvalue weighted by Gasteiger charge is -2.06. The molecular weight excluding hydrogens is 241 g/mol. The van der Waals surface area contributed by atoms with Crippen molar-refractivity contribution < 1.29 is 14.1 Å². The molecule has 2 aromatic rings. The summed E-state index contributed by atoms with van der Waals surface area (Å²) in [7, 11) is 1.81. The van der Waals surface area contributed by atoms with Crippen LogP contribution in [0.1, 0.15) is 5.82 Å². The topological polar surface area (TPSA) is 70.2 Å². The van der Waals surface area contributed by atoms with Crippen LogP contribution in [0, 0.1) is 15.9 Å². The van der Waals surface area contributed by atoms with E-state index in [-0.39, 0.29) is 12.4 Å². The molecule has 94 valence electrons. The average molecular weight is 251 g/mol. The van der Waals surface area contributed by atoms with Crippen molar-refractivity contribution in [2.45, 2.75) is 6.61 Å². The van der Waals surface area contributed by atoms with E-state index in [4.69, 9.17) is 4.74 Å². The smallest absolute Gasteiger partial charge is 0.305 e. The molecule has 0 aliphatic carbocycles. The Kier molecular flexibility index (Phi) is 3.22. The van der Waals surface area contributed by atoms with Gasteiger partial charge in [-0.15, -0.1) is 0 Å². The van der Waals surface area contributed by atoms with Crippen LogP contribution in [-0.4, -0.2) is 14.5 Å². The molecule has 0 N–H and O–H groups in total. The van der Waals surface area contributed by atoms with Gasteiger partial charge >= 0.3 is 5.69 Å². The first kappa shape index (κ1) is 12.0. The van der Waals surface area contributed by atoms with Crippen molar-refractivity contribution in [2.75, 3.05) is 0 Å². The molecule has 0 spiro atoms. The number of hydrogen-bond donors (Lipinski definition) is 0. The quantitative estimate of drug-likeness (QED) is 0.616. The first-order valence-corrected chi connectivity index (χ1v) is 5.11. The molecule has 18 heavy (non-hydrogen) atoms. The summed E-state index contributed by atoms with van der Waals surface area (Å²) in [6.45, 7) is 0.167. The molecule has 1 aromatic carbocycles. The van der Waals surface area contributed by atoms with E-state index in [1.54, 1.807) is 17.0 Å². The van der Waals surface area contributed by atoms with Crippen LogP contribution in [0.25, 0.3) is 0 Å². The van der Waals surface area contributed by atoms with Crippen molar-refractivity contribution in [1.82, 2.24) is 9.55 Å². The lowest BCUT2D eigenvalue weighted by Crippen LogP contribution is -2.03. The van der Waals surface area contributed by atoms with Gasteiger partial charge in [0, 0.05) is 31.6 Å². The van der Waals surface area contributed by atoms with Gasteiger partial charge in [0.25, 0.3) is 0 Å². The summed E-state index contributed by atoms with van der Waals surface area (Å²) < 4.78 is 20.4. The van der Waals surface area contributed by atoms with Crippen LogP contribution in [0.3, 0.4) is 0 Å². The van der Waals surface area contributed by atoms with Crippen LogP contribution in [0.15, 0.2) is 30.6 Å². The number of nitro groups is 1. The predicted octanol–water partition coefficient (Wildman–Crippen LogP) is 2.05. The van der Waals surface area contributed by atoms with Gasteiger partial charge in [0.15, 0.2) is 0 Å². The highest BCUT2D eigenvalue weighted by Gasteiger charge is 2.14. The molecule has 0 bridgehead atoms. The van der Waals surface area contributed by atoms with Gasteiger partial charge in [-0.25, -0.2) is 4.98 Å². The number of nitrogens with zero attached hydrogens (tertiary/aromatic N) is 3. The SMILES string of the molecule is Cn1ccnc1COc1ccc([N+](=O)[O-])c(F)c1. The maximum absolute atomic E-state index is 13.3. The molecule has 0 saturated heterocycles. The van der Waals surface area contributed by atoms with E-state index in [9.17, 15) is 14.5 Å². The second kappa shape index (κ2) is 4.82. The Morgan fingerprint density at radius 2 is 2.33 bits per heavy atom. The number of aryl methyl sites for hydroxylation is 1. The molecule has 7 heteroatoms. The normalized spacial score (nSPS) is 10.3. The second-order valence-corrected chi connectivity index (χ2v) is 3.61. The van der Waals surface area contributed by atoms with Crippen molar-refractivity contribution >= 4 is 5.69 Å². The first-order chi connectivity index (χ1) is 8.58. The van der Waals surface area contributed by atoms with Crippen molar-refractivity contribution in [2.24, 2.45) is 7.05 Å². The maximum Gasteiger partial charge on any atom is 0.305 e. The van der Waals surface area contributed by atoms with Crippen LogP contribution in [0.5, 0.6) is 5.75 Å². The van der Waals surface area contributed by atoms with Gasteiger partial charge in [0.2, 0.25) is 5.82 Å².